The number of nitrogens with one attached hydrogen (secondary N) is 1. The van der Waals surface area contributed by atoms with E-state index in [1.165, 1.54) is 5.69 Å². The Hall–Kier alpha value is -1.55. The lowest BCUT2D eigenvalue weighted by Gasteiger charge is -2.38. The van der Waals surface area contributed by atoms with Gasteiger partial charge in [-0.15, -0.1) is 0 Å². The molecule has 1 aromatic rings. The number of piperazine rings is 1. The number of anilines is 1. The first-order valence-electron chi connectivity index (χ1n) is 6.51. The molecule has 0 aliphatic carbocycles. The van der Waals surface area contributed by atoms with Crippen LogP contribution in [0.1, 0.15) is 19.4 Å². The highest BCUT2D eigenvalue weighted by molar-refractivity contribution is 5.95. The number of hydrogen-bond acceptors (Lipinski definition) is 3. The van der Waals surface area contributed by atoms with Crippen molar-refractivity contribution in [3.63, 3.8) is 0 Å². The van der Waals surface area contributed by atoms with E-state index in [4.69, 9.17) is 11.1 Å². The lowest BCUT2D eigenvalue weighted by molar-refractivity contribution is 0.209. The third-order valence-corrected chi connectivity index (χ3v) is 3.59. The van der Waals surface area contributed by atoms with Gasteiger partial charge in [0, 0.05) is 43.5 Å². The normalized spacial score (nSPS) is 17.2. The molecule has 18 heavy (non-hydrogen) atoms. The molecule has 98 valence electrons. The zero-order valence-corrected chi connectivity index (χ0v) is 11.2. The molecule has 0 unspecified atom stereocenters. The van der Waals surface area contributed by atoms with Crippen molar-refractivity contribution in [2.24, 2.45) is 5.73 Å². The van der Waals surface area contributed by atoms with Crippen LogP contribution in [0.4, 0.5) is 5.69 Å². The van der Waals surface area contributed by atoms with Crippen molar-refractivity contribution in [2.75, 3.05) is 31.1 Å². The Morgan fingerprint density at radius 1 is 1.11 bits per heavy atom. The van der Waals surface area contributed by atoms with Gasteiger partial charge in [-0.1, -0.05) is 0 Å². The molecular weight excluding hydrogens is 224 g/mol. The first kappa shape index (κ1) is 12.9. The predicted molar refractivity (Wildman–Crippen MR) is 76.4 cm³/mol. The van der Waals surface area contributed by atoms with Crippen molar-refractivity contribution in [1.29, 1.82) is 5.41 Å². The maximum absolute atomic E-state index is 7.38. The van der Waals surface area contributed by atoms with Crippen LogP contribution in [0.25, 0.3) is 0 Å². The smallest absolute Gasteiger partial charge is 0.122 e. The Balaban J connectivity index is 1.99. The Morgan fingerprint density at radius 2 is 1.67 bits per heavy atom. The van der Waals surface area contributed by atoms with E-state index in [0.29, 0.717) is 6.04 Å². The number of amidine groups is 1. The van der Waals surface area contributed by atoms with E-state index in [-0.39, 0.29) is 5.84 Å². The lowest BCUT2D eigenvalue weighted by atomic mass is 10.1. The highest BCUT2D eigenvalue weighted by Crippen LogP contribution is 2.17. The van der Waals surface area contributed by atoms with Gasteiger partial charge in [0.1, 0.15) is 5.84 Å². The number of nitrogens with two attached hydrogens (primary N) is 1. The highest BCUT2D eigenvalue weighted by Gasteiger charge is 2.18. The summed E-state index contributed by atoms with van der Waals surface area (Å²) in [5.74, 6) is 0.131. The topological polar surface area (TPSA) is 56.4 Å². The molecule has 0 aromatic heterocycles. The van der Waals surface area contributed by atoms with Crippen LogP contribution < -0.4 is 10.6 Å². The van der Waals surface area contributed by atoms with E-state index >= 15 is 0 Å². The van der Waals surface area contributed by atoms with Gasteiger partial charge in [0.25, 0.3) is 0 Å². The highest BCUT2D eigenvalue weighted by atomic mass is 15.3. The number of benzene rings is 1. The van der Waals surface area contributed by atoms with Gasteiger partial charge in [0.15, 0.2) is 0 Å². The van der Waals surface area contributed by atoms with Gasteiger partial charge in [-0.25, -0.2) is 0 Å². The zero-order valence-electron chi connectivity index (χ0n) is 11.2. The molecule has 3 N–H and O–H groups in total. The van der Waals surface area contributed by atoms with Crippen molar-refractivity contribution in [3.05, 3.63) is 29.8 Å². The van der Waals surface area contributed by atoms with Crippen molar-refractivity contribution < 1.29 is 0 Å². The molecule has 0 spiro atoms. The summed E-state index contributed by atoms with van der Waals surface area (Å²) in [6.45, 7) is 8.86. The standard InChI is InChI=1S/C14H22N4/c1-11(2)17-7-9-18(10-8-17)13-5-3-12(4-6-13)14(15)16/h3-6,11H,7-10H2,1-2H3,(H3,15,16). The second-order valence-corrected chi connectivity index (χ2v) is 5.08. The Bertz CT molecular complexity index is 402. The minimum atomic E-state index is 0.131. The van der Waals surface area contributed by atoms with Crippen LogP contribution in [0.5, 0.6) is 0 Å². The minimum Gasteiger partial charge on any atom is -0.384 e. The summed E-state index contributed by atoms with van der Waals surface area (Å²) in [7, 11) is 0. The first-order valence-corrected chi connectivity index (χ1v) is 6.51. The molecule has 4 nitrogen and oxygen atoms in total. The molecule has 2 rings (SSSR count). The number of nitrogen functional groups attached to an aromatic ring is 1. The monoisotopic (exact) mass is 246 g/mol. The van der Waals surface area contributed by atoms with Crippen LogP contribution >= 0.6 is 0 Å². The minimum absolute atomic E-state index is 0.131. The predicted octanol–water partition coefficient (Wildman–Crippen LogP) is 1.50. The van der Waals surface area contributed by atoms with Crippen LogP contribution in [0.2, 0.25) is 0 Å². The second kappa shape index (κ2) is 5.40. The van der Waals surface area contributed by atoms with E-state index in [1.54, 1.807) is 0 Å². The van der Waals surface area contributed by atoms with Crippen molar-refractivity contribution >= 4 is 11.5 Å². The second-order valence-electron chi connectivity index (χ2n) is 5.08. The van der Waals surface area contributed by atoms with E-state index in [1.807, 2.05) is 12.1 Å². The lowest BCUT2D eigenvalue weighted by Crippen LogP contribution is -2.48. The van der Waals surface area contributed by atoms with Gasteiger partial charge in [-0.3, -0.25) is 10.3 Å². The summed E-state index contributed by atoms with van der Waals surface area (Å²) in [6, 6.07) is 8.59. The Kier molecular flexibility index (Phi) is 3.87. The van der Waals surface area contributed by atoms with Gasteiger partial charge in [0.2, 0.25) is 0 Å². The summed E-state index contributed by atoms with van der Waals surface area (Å²) < 4.78 is 0. The van der Waals surface area contributed by atoms with Gasteiger partial charge < -0.3 is 10.6 Å². The quantitative estimate of drug-likeness (QED) is 0.628. The fourth-order valence-electron chi connectivity index (χ4n) is 2.35. The molecule has 1 aliphatic rings. The molecule has 1 aliphatic heterocycles. The first-order chi connectivity index (χ1) is 8.58. The summed E-state index contributed by atoms with van der Waals surface area (Å²) in [5.41, 5.74) is 7.47. The molecule has 0 radical (unpaired) electrons. The average Bonchev–Trinajstić information content (AvgIpc) is 2.39. The largest absolute Gasteiger partial charge is 0.384 e. The Morgan fingerprint density at radius 3 is 2.11 bits per heavy atom. The van der Waals surface area contributed by atoms with E-state index in [0.717, 1.165) is 31.7 Å². The maximum Gasteiger partial charge on any atom is 0.122 e. The average molecular weight is 246 g/mol. The van der Waals surface area contributed by atoms with Crippen molar-refractivity contribution in [2.45, 2.75) is 19.9 Å². The molecular formula is C14H22N4. The van der Waals surface area contributed by atoms with Gasteiger partial charge in [-0.2, -0.15) is 0 Å². The van der Waals surface area contributed by atoms with E-state index in [2.05, 4.69) is 35.8 Å². The number of hydrogen-bond donors (Lipinski definition) is 2. The fourth-order valence-corrected chi connectivity index (χ4v) is 2.35. The molecule has 0 saturated carbocycles. The zero-order chi connectivity index (χ0) is 13.1. The summed E-state index contributed by atoms with van der Waals surface area (Å²) in [6.07, 6.45) is 0. The molecule has 1 saturated heterocycles. The molecule has 4 heteroatoms. The van der Waals surface area contributed by atoms with Crippen LogP contribution in [-0.2, 0) is 0 Å². The van der Waals surface area contributed by atoms with Gasteiger partial charge in [0.05, 0.1) is 0 Å². The van der Waals surface area contributed by atoms with E-state index in [9.17, 15) is 0 Å². The summed E-state index contributed by atoms with van der Waals surface area (Å²) in [4.78, 5) is 4.89. The fraction of sp³-hybridized carbons (Fsp3) is 0.500. The molecule has 1 fully saturated rings. The van der Waals surface area contributed by atoms with Crippen LogP contribution in [-0.4, -0.2) is 43.0 Å². The van der Waals surface area contributed by atoms with Gasteiger partial charge in [-0.05, 0) is 38.1 Å². The third-order valence-electron chi connectivity index (χ3n) is 3.59. The van der Waals surface area contributed by atoms with Crippen LogP contribution in [0, 0.1) is 5.41 Å². The van der Waals surface area contributed by atoms with Crippen molar-refractivity contribution in [1.82, 2.24) is 4.90 Å². The van der Waals surface area contributed by atoms with Crippen LogP contribution in [0.15, 0.2) is 24.3 Å². The van der Waals surface area contributed by atoms with Crippen LogP contribution in [0.3, 0.4) is 0 Å². The molecule has 1 aromatic carbocycles. The number of rotatable bonds is 3. The van der Waals surface area contributed by atoms with Crippen molar-refractivity contribution in [3.8, 4) is 0 Å². The van der Waals surface area contributed by atoms with E-state index < -0.39 is 0 Å². The molecule has 0 amide bonds. The molecule has 1 heterocycles. The summed E-state index contributed by atoms with van der Waals surface area (Å²) >= 11 is 0. The number of nitrogens with zero attached hydrogens (tertiary/aromatic N) is 2. The molecule has 0 atom stereocenters. The Labute approximate surface area is 109 Å². The SMILES string of the molecule is CC(C)N1CCN(c2ccc(C(=N)N)cc2)CC1. The van der Waals surface area contributed by atoms with Gasteiger partial charge >= 0.3 is 0 Å². The molecule has 0 bridgehead atoms. The third kappa shape index (κ3) is 2.82. The summed E-state index contributed by atoms with van der Waals surface area (Å²) in [5, 5.41) is 7.38. The maximum atomic E-state index is 7.38.